The summed E-state index contributed by atoms with van der Waals surface area (Å²) in [5.41, 5.74) is 4.00. The number of nitrogens with one attached hydrogen (secondary N) is 1. The number of carbonyl (C=O) groups excluding carboxylic acids is 1. The van der Waals surface area contributed by atoms with Crippen molar-refractivity contribution in [2.75, 3.05) is 5.32 Å². The number of hydrogen-bond donors (Lipinski definition) is 1. The predicted octanol–water partition coefficient (Wildman–Crippen LogP) is 4.40. The van der Waals surface area contributed by atoms with Crippen LogP contribution in [0.25, 0.3) is 11.1 Å². The maximum Gasteiger partial charge on any atom is 0.257 e. The third kappa shape index (κ3) is 3.72. The smallest absolute Gasteiger partial charge is 0.257 e. The van der Waals surface area contributed by atoms with Gasteiger partial charge in [0, 0.05) is 5.69 Å². The van der Waals surface area contributed by atoms with Gasteiger partial charge in [-0.25, -0.2) is 0 Å². The van der Waals surface area contributed by atoms with Gasteiger partial charge >= 0.3 is 0 Å². The highest BCUT2D eigenvalue weighted by atomic mass is 35.5. The van der Waals surface area contributed by atoms with Gasteiger partial charge in [0.05, 0.1) is 0 Å². The fourth-order valence-electron chi connectivity index (χ4n) is 1.72. The van der Waals surface area contributed by atoms with Crippen molar-refractivity contribution in [1.29, 1.82) is 0 Å². The van der Waals surface area contributed by atoms with E-state index in [1.807, 2.05) is 49.4 Å². The quantitative estimate of drug-likeness (QED) is 0.835. The zero-order chi connectivity index (χ0) is 13.8. The summed E-state index contributed by atoms with van der Waals surface area (Å²) < 4.78 is 0. The molecule has 98 valence electrons. The van der Waals surface area contributed by atoms with Gasteiger partial charge in [-0.05, 0) is 30.2 Å². The molecule has 0 saturated heterocycles. The van der Waals surface area contributed by atoms with Gasteiger partial charge in [-0.3, -0.25) is 4.79 Å². The van der Waals surface area contributed by atoms with E-state index >= 15 is 0 Å². The summed E-state index contributed by atoms with van der Waals surface area (Å²) in [6.45, 7) is 2.04. The highest BCUT2D eigenvalue weighted by molar-refractivity contribution is 6.54. The number of rotatable bonds is 3. The van der Waals surface area contributed by atoms with Crippen LogP contribution in [0.3, 0.4) is 0 Å². The van der Waals surface area contributed by atoms with E-state index in [1.54, 1.807) is 6.07 Å². The molecule has 0 bridgehead atoms. The average Bonchev–Trinajstić information content (AvgIpc) is 2.39. The van der Waals surface area contributed by atoms with Crippen LogP contribution in [-0.2, 0) is 4.79 Å². The topological polar surface area (TPSA) is 29.1 Å². The van der Waals surface area contributed by atoms with E-state index in [-0.39, 0.29) is 0 Å². The second-order valence-electron chi connectivity index (χ2n) is 4.24. The number of alkyl halides is 2. The summed E-state index contributed by atoms with van der Waals surface area (Å²) in [6, 6.07) is 15.7. The van der Waals surface area contributed by atoms with Crippen molar-refractivity contribution in [2.45, 2.75) is 11.8 Å². The van der Waals surface area contributed by atoms with E-state index < -0.39 is 10.7 Å². The molecule has 4 heteroatoms. The van der Waals surface area contributed by atoms with Crippen LogP contribution < -0.4 is 5.32 Å². The Balaban J connectivity index is 2.24. The van der Waals surface area contributed by atoms with Crippen molar-refractivity contribution in [3.05, 3.63) is 54.1 Å². The highest BCUT2D eigenvalue weighted by Gasteiger charge is 2.11. The molecule has 0 radical (unpaired) electrons. The van der Waals surface area contributed by atoms with Crippen LogP contribution in [0.1, 0.15) is 5.56 Å². The number of amides is 1. The lowest BCUT2D eigenvalue weighted by molar-refractivity contribution is -0.114. The third-order valence-electron chi connectivity index (χ3n) is 2.71. The van der Waals surface area contributed by atoms with Gasteiger partial charge in [0.1, 0.15) is 0 Å². The number of anilines is 1. The molecule has 1 amide bonds. The lowest BCUT2D eigenvalue weighted by Crippen LogP contribution is -2.18. The zero-order valence-corrected chi connectivity index (χ0v) is 11.9. The Kier molecular flexibility index (Phi) is 4.46. The Bertz CT molecular complexity index is 579. The maximum absolute atomic E-state index is 11.4. The van der Waals surface area contributed by atoms with Gasteiger partial charge in [0.2, 0.25) is 0 Å². The first kappa shape index (κ1) is 13.9. The van der Waals surface area contributed by atoms with Gasteiger partial charge in [-0.1, -0.05) is 65.2 Å². The van der Waals surface area contributed by atoms with Crippen molar-refractivity contribution in [3.63, 3.8) is 0 Å². The van der Waals surface area contributed by atoms with Crippen LogP contribution in [0.2, 0.25) is 0 Å². The predicted molar refractivity (Wildman–Crippen MR) is 80.7 cm³/mol. The molecular weight excluding hydrogens is 281 g/mol. The molecule has 0 saturated carbocycles. The Morgan fingerprint density at radius 2 is 1.74 bits per heavy atom. The molecule has 0 aromatic heterocycles. The van der Waals surface area contributed by atoms with Gasteiger partial charge < -0.3 is 5.32 Å². The standard InChI is InChI=1S/C15H13Cl2NO/c1-10-5-7-11(8-6-10)12-3-2-4-13(9-12)18-15(19)14(16)17/h2-9,14H,1H3,(H,18,19). The Labute approximate surface area is 122 Å². The first-order valence-corrected chi connectivity index (χ1v) is 6.69. The minimum atomic E-state index is -1.07. The van der Waals surface area contributed by atoms with Crippen LogP contribution >= 0.6 is 23.2 Å². The molecule has 0 fully saturated rings. The summed E-state index contributed by atoms with van der Waals surface area (Å²) >= 11 is 11.0. The maximum atomic E-state index is 11.4. The molecule has 0 heterocycles. The fraction of sp³-hybridized carbons (Fsp3) is 0.133. The number of benzene rings is 2. The van der Waals surface area contributed by atoms with Crippen molar-refractivity contribution >= 4 is 34.8 Å². The van der Waals surface area contributed by atoms with Crippen LogP contribution in [0.5, 0.6) is 0 Å². The molecule has 0 unspecified atom stereocenters. The monoisotopic (exact) mass is 293 g/mol. The van der Waals surface area contributed by atoms with E-state index in [4.69, 9.17) is 23.2 Å². The summed E-state index contributed by atoms with van der Waals surface area (Å²) in [7, 11) is 0. The van der Waals surface area contributed by atoms with Crippen LogP contribution in [0.4, 0.5) is 5.69 Å². The van der Waals surface area contributed by atoms with Crippen molar-refractivity contribution in [3.8, 4) is 11.1 Å². The second kappa shape index (κ2) is 6.09. The Morgan fingerprint density at radius 1 is 1.05 bits per heavy atom. The van der Waals surface area contributed by atoms with Crippen LogP contribution in [0.15, 0.2) is 48.5 Å². The van der Waals surface area contributed by atoms with Gasteiger partial charge in [0.15, 0.2) is 4.84 Å². The molecule has 1 N–H and O–H groups in total. The SMILES string of the molecule is Cc1ccc(-c2cccc(NC(=O)C(Cl)Cl)c2)cc1. The molecule has 2 rings (SSSR count). The molecule has 2 nitrogen and oxygen atoms in total. The first-order chi connectivity index (χ1) is 9.06. The van der Waals surface area contributed by atoms with Crippen molar-refractivity contribution in [2.24, 2.45) is 0 Å². The normalized spacial score (nSPS) is 10.5. The largest absolute Gasteiger partial charge is 0.324 e. The van der Waals surface area contributed by atoms with Gasteiger partial charge in [-0.15, -0.1) is 0 Å². The number of halogens is 2. The number of hydrogen-bond acceptors (Lipinski definition) is 1. The van der Waals surface area contributed by atoms with Gasteiger partial charge in [-0.2, -0.15) is 0 Å². The van der Waals surface area contributed by atoms with Crippen LogP contribution in [0, 0.1) is 6.92 Å². The summed E-state index contributed by atoms with van der Waals surface area (Å²) in [5, 5.41) is 2.66. The van der Waals surface area contributed by atoms with E-state index in [0.29, 0.717) is 5.69 Å². The molecular formula is C15H13Cl2NO. The number of carbonyl (C=O) groups is 1. The third-order valence-corrected chi connectivity index (χ3v) is 3.11. The molecule has 0 aliphatic carbocycles. The Morgan fingerprint density at radius 3 is 2.37 bits per heavy atom. The highest BCUT2D eigenvalue weighted by Crippen LogP contribution is 2.23. The van der Waals surface area contributed by atoms with E-state index in [9.17, 15) is 4.79 Å². The van der Waals surface area contributed by atoms with E-state index in [1.165, 1.54) is 5.56 Å². The molecule has 2 aromatic rings. The minimum Gasteiger partial charge on any atom is -0.324 e. The summed E-state index contributed by atoms with van der Waals surface area (Å²) in [5.74, 6) is -0.426. The first-order valence-electron chi connectivity index (χ1n) is 5.82. The molecule has 19 heavy (non-hydrogen) atoms. The fourth-order valence-corrected chi connectivity index (χ4v) is 1.83. The van der Waals surface area contributed by atoms with E-state index in [0.717, 1.165) is 11.1 Å². The lowest BCUT2D eigenvalue weighted by atomic mass is 10.0. The lowest BCUT2D eigenvalue weighted by Gasteiger charge is -2.08. The number of aryl methyl sites for hydroxylation is 1. The summed E-state index contributed by atoms with van der Waals surface area (Å²) in [4.78, 5) is 10.4. The summed E-state index contributed by atoms with van der Waals surface area (Å²) in [6.07, 6.45) is 0. The zero-order valence-electron chi connectivity index (χ0n) is 10.4. The molecule has 0 aliphatic rings. The molecule has 0 atom stereocenters. The molecule has 2 aromatic carbocycles. The average molecular weight is 294 g/mol. The molecule has 0 aliphatic heterocycles. The molecule has 0 spiro atoms. The van der Waals surface area contributed by atoms with Crippen LogP contribution in [-0.4, -0.2) is 10.7 Å². The van der Waals surface area contributed by atoms with Crippen molar-refractivity contribution in [1.82, 2.24) is 0 Å². The Hall–Kier alpha value is -1.51. The second-order valence-corrected chi connectivity index (χ2v) is 5.33. The van der Waals surface area contributed by atoms with Gasteiger partial charge in [0.25, 0.3) is 5.91 Å². The van der Waals surface area contributed by atoms with Crippen molar-refractivity contribution < 1.29 is 4.79 Å². The minimum absolute atomic E-state index is 0.426. The van der Waals surface area contributed by atoms with E-state index in [2.05, 4.69) is 5.32 Å².